The maximum atomic E-state index is 10.4. The van der Waals surface area contributed by atoms with Crippen molar-refractivity contribution in [1.82, 2.24) is 0 Å². The molecule has 3 heteroatoms. The van der Waals surface area contributed by atoms with Gasteiger partial charge in [0, 0.05) is 7.11 Å². The zero-order chi connectivity index (χ0) is 8.15. The fraction of sp³-hybridized carbons (Fsp3) is 0.857. The van der Waals surface area contributed by atoms with Crippen molar-refractivity contribution in [2.24, 2.45) is 5.92 Å². The lowest BCUT2D eigenvalue weighted by molar-refractivity contribution is -0.151. The molecule has 60 valence electrons. The maximum Gasteiger partial charge on any atom is 0.333 e. The molecule has 0 aromatic rings. The Hall–Kier alpha value is -0.570. The number of ether oxygens (including phenoxy) is 1. The van der Waals surface area contributed by atoms with Crippen molar-refractivity contribution in [3.05, 3.63) is 0 Å². The van der Waals surface area contributed by atoms with Crippen LogP contribution in [0.5, 0.6) is 0 Å². The molecule has 0 rings (SSSR count). The third kappa shape index (κ3) is 2.35. The van der Waals surface area contributed by atoms with Crippen LogP contribution in [-0.2, 0) is 9.53 Å². The van der Waals surface area contributed by atoms with E-state index in [1.54, 1.807) is 0 Å². The first-order chi connectivity index (χ1) is 4.63. The first-order valence-electron chi connectivity index (χ1n) is 3.39. The van der Waals surface area contributed by atoms with Gasteiger partial charge in [-0.15, -0.1) is 0 Å². The van der Waals surface area contributed by atoms with Gasteiger partial charge in [-0.2, -0.15) is 0 Å². The number of carboxylic acids is 1. The predicted octanol–water partition coefficient (Wildman–Crippen LogP) is 1.13. The van der Waals surface area contributed by atoms with E-state index in [0.717, 1.165) is 6.42 Å². The van der Waals surface area contributed by atoms with E-state index in [4.69, 9.17) is 9.84 Å². The molecule has 0 heterocycles. The monoisotopic (exact) mass is 146 g/mol. The highest BCUT2D eigenvalue weighted by Gasteiger charge is 2.21. The SMILES string of the molecule is CC[C@@H](C)[C@H](OC)C(=O)O. The molecule has 0 amide bonds. The van der Waals surface area contributed by atoms with E-state index in [1.807, 2.05) is 13.8 Å². The third-order valence-corrected chi connectivity index (χ3v) is 1.66. The number of aliphatic carboxylic acids is 1. The average Bonchev–Trinajstić information content (AvgIpc) is 1.88. The van der Waals surface area contributed by atoms with Gasteiger partial charge in [-0.1, -0.05) is 20.3 Å². The van der Waals surface area contributed by atoms with Crippen molar-refractivity contribution < 1.29 is 14.6 Å². The second kappa shape index (κ2) is 4.28. The van der Waals surface area contributed by atoms with Crippen molar-refractivity contribution in [3.63, 3.8) is 0 Å². The van der Waals surface area contributed by atoms with E-state index in [0.29, 0.717) is 0 Å². The molecule has 0 bridgehead atoms. The Morgan fingerprint density at radius 2 is 2.20 bits per heavy atom. The van der Waals surface area contributed by atoms with Crippen molar-refractivity contribution >= 4 is 5.97 Å². The van der Waals surface area contributed by atoms with Crippen LogP contribution >= 0.6 is 0 Å². The van der Waals surface area contributed by atoms with Gasteiger partial charge >= 0.3 is 5.97 Å². The van der Waals surface area contributed by atoms with Gasteiger partial charge in [0.1, 0.15) is 0 Å². The van der Waals surface area contributed by atoms with Crippen LogP contribution in [-0.4, -0.2) is 24.3 Å². The average molecular weight is 146 g/mol. The Morgan fingerprint density at radius 1 is 1.70 bits per heavy atom. The molecule has 0 aromatic carbocycles. The summed E-state index contributed by atoms with van der Waals surface area (Å²) in [7, 11) is 1.42. The van der Waals surface area contributed by atoms with Gasteiger partial charge in [0.15, 0.2) is 6.10 Å². The van der Waals surface area contributed by atoms with Crippen LogP contribution < -0.4 is 0 Å². The van der Waals surface area contributed by atoms with Crippen LogP contribution in [0.25, 0.3) is 0 Å². The molecule has 1 N–H and O–H groups in total. The highest BCUT2D eigenvalue weighted by atomic mass is 16.5. The molecule has 10 heavy (non-hydrogen) atoms. The highest BCUT2D eigenvalue weighted by molar-refractivity contribution is 5.72. The van der Waals surface area contributed by atoms with E-state index in [9.17, 15) is 4.79 Å². The summed E-state index contributed by atoms with van der Waals surface area (Å²) in [6.45, 7) is 3.81. The number of methoxy groups -OCH3 is 1. The molecule has 0 fully saturated rings. The lowest BCUT2D eigenvalue weighted by atomic mass is 10.0. The van der Waals surface area contributed by atoms with Gasteiger partial charge in [0.25, 0.3) is 0 Å². The molecule has 0 aromatic heterocycles. The van der Waals surface area contributed by atoms with Gasteiger partial charge in [0.2, 0.25) is 0 Å². The van der Waals surface area contributed by atoms with Crippen LogP contribution in [0.3, 0.4) is 0 Å². The Morgan fingerprint density at radius 3 is 2.30 bits per heavy atom. The van der Waals surface area contributed by atoms with E-state index in [1.165, 1.54) is 7.11 Å². The van der Waals surface area contributed by atoms with Crippen LogP contribution in [0.1, 0.15) is 20.3 Å². The Bertz CT molecular complexity index is 111. The van der Waals surface area contributed by atoms with Crippen LogP contribution in [0.4, 0.5) is 0 Å². The molecular formula is C7H14O3. The van der Waals surface area contributed by atoms with Crippen LogP contribution in [0.15, 0.2) is 0 Å². The molecule has 0 saturated heterocycles. The Kier molecular flexibility index (Phi) is 4.03. The zero-order valence-corrected chi connectivity index (χ0v) is 6.63. The third-order valence-electron chi connectivity index (χ3n) is 1.66. The van der Waals surface area contributed by atoms with E-state index in [-0.39, 0.29) is 5.92 Å². The molecule has 0 spiro atoms. The topological polar surface area (TPSA) is 46.5 Å². The summed E-state index contributed by atoms with van der Waals surface area (Å²) in [6.07, 6.45) is 0.176. The summed E-state index contributed by atoms with van der Waals surface area (Å²) >= 11 is 0. The van der Waals surface area contributed by atoms with E-state index in [2.05, 4.69) is 0 Å². The van der Waals surface area contributed by atoms with Crippen LogP contribution in [0, 0.1) is 5.92 Å². The number of hydrogen-bond donors (Lipinski definition) is 1. The minimum absolute atomic E-state index is 0.0856. The lowest BCUT2D eigenvalue weighted by Gasteiger charge is -2.15. The van der Waals surface area contributed by atoms with E-state index < -0.39 is 12.1 Å². The molecule has 0 aliphatic rings. The minimum atomic E-state index is -0.878. The van der Waals surface area contributed by atoms with Crippen molar-refractivity contribution in [2.75, 3.05) is 7.11 Å². The summed E-state index contributed by atoms with van der Waals surface area (Å²) in [5, 5.41) is 8.55. The molecule has 0 radical (unpaired) electrons. The van der Waals surface area contributed by atoms with Crippen LogP contribution in [0.2, 0.25) is 0 Å². The summed E-state index contributed by atoms with van der Waals surface area (Å²) in [5.41, 5.74) is 0. The number of carboxylic acid groups (broad SMARTS) is 1. The fourth-order valence-electron chi connectivity index (χ4n) is 0.791. The second-order valence-electron chi connectivity index (χ2n) is 2.38. The Balaban J connectivity index is 3.92. The number of rotatable bonds is 4. The predicted molar refractivity (Wildman–Crippen MR) is 37.9 cm³/mol. The molecule has 0 unspecified atom stereocenters. The largest absolute Gasteiger partial charge is 0.479 e. The standard InChI is InChI=1S/C7H14O3/c1-4-5(2)6(10-3)7(8)9/h5-6H,4H2,1-3H3,(H,8,9)/t5-,6+/m1/s1. The van der Waals surface area contributed by atoms with Gasteiger partial charge < -0.3 is 9.84 Å². The first-order valence-corrected chi connectivity index (χ1v) is 3.39. The van der Waals surface area contributed by atoms with Gasteiger partial charge in [0.05, 0.1) is 0 Å². The normalized spacial score (nSPS) is 16.3. The lowest BCUT2D eigenvalue weighted by Crippen LogP contribution is -2.29. The molecular weight excluding hydrogens is 132 g/mol. The number of carbonyl (C=O) groups is 1. The first kappa shape index (κ1) is 9.43. The fourth-order valence-corrected chi connectivity index (χ4v) is 0.791. The van der Waals surface area contributed by atoms with E-state index >= 15 is 0 Å². The summed E-state index contributed by atoms with van der Waals surface area (Å²) < 4.78 is 4.76. The second-order valence-corrected chi connectivity index (χ2v) is 2.38. The van der Waals surface area contributed by atoms with Gasteiger partial charge in [-0.3, -0.25) is 0 Å². The molecule has 0 aliphatic heterocycles. The maximum absolute atomic E-state index is 10.4. The smallest absolute Gasteiger partial charge is 0.333 e. The zero-order valence-electron chi connectivity index (χ0n) is 6.63. The molecule has 0 aliphatic carbocycles. The van der Waals surface area contributed by atoms with Crippen molar-refractivity contribution in [1.29, 1.82) is 0 Å². The molecule has 0 saturated carbocycles. The quantitative estimate of drug-likeness (QED) is 0.646. The summed E-state index contributed by atoms with van der Waals surface area (Å²) in [4.78, 5) is 10.4. The summed E-state index contributed by atoms with van der Waals surface area (Å²) in [6, 6.07) is 0. The Labute approximate surface area is 61.0 Å². The van der Waals surface area contributed by atoms with Gasteiger partial charge in [-0.25, -0.2) is 4.79 Å². The summed E-state index contributed by atoms with van der Waals surface area (Å²) in [5.74, 6) is -0.792. The van der Waals surface area contributed by atoms with Crippen molar-refractivity contribution in [3.8, 4) is 0 Å². The van der Waals surface area contributed by atoms with Gasteiger partial charge in [-0.05, 0) is 5.92 Å². The number of hydrogen-bond acceptors (Lipinski definition) is 2. The highest BCUT2D eigenvalue weighted by Crippen LogP contribution is 2.10. The minimum Gasteiger partial charge on any atom is -0.479 e. The molecule has 3 nitrogen and oxygen atoms in total. The molecule has 2 atom stereocenters. The van der Waals surface area contributed by atoms with Crippen molar-refractivity contribution in [2.45, 2.75) is 26.4 Å².